The van der Waals surface area contributed by atoms with Crippen molar-refractivity contribution in [2.45, 2.75) is 6.92 Å². The number of carbonyl (C=O) groups excluding carboxylic acids is 1. The first-order valence-corrected chi connectivity index (χ1v) is 6.32. The summed E-state index contributed by atoms with van der Waals surface area (Å²) in [5.41, 5.74) is 2.19. The van der Waals surface area contributed by atoms with Crippen LogP contribution < -0.4 is 5.32 Å². The van der Waals surface area contributed by atoms with Crippen molar-refractivity contribution in [3.63, 3.8) is 0 Å². The van der Waals surface area contributed by atoms with Crippen LogP contribution in [0.2, 0.25) is 0 Å². The van der Waals surface area contributed by atoms with Crippen molar-refractivity contribution in [3.05, 3.63) is 46.5 Å². The van der Waals surface area contributed by atoms with Gasteiger partial charge in [0.05, 0.1) is 4.88 Å². The SMILES string of the molecule is Cc1nc2cc(NC(=O)c3cccs3)ccc2o1. The standard InChI is InChI=1S/C13H10N2O2S/c1-8-14-10-7-9(4-5-11(10)17-8)15-13(16)12-3-2-6-18-12/h2-7H,1H3,(H,15,16). The fraction of sp³-hybridized carbons (Fsp3) is 0.0769. The molecule has 0 radical (unpaired) electrons. The lowest BCUT2D eigenvalue weighted by molar-refractivity contribution is 0.103. The number of amides is 1. The van der Waals surface area contributed by atoms with Gasteiger partial charge in [0, 0.05) is 12.6 Å². The summed E-state index contributed by atoms with van der Waals surface area (Å²) < 4.78 is 5.38. The van der Waals surface area contributed by atoms with E-state index in [0.29, 0.717) is 16.5 Å². The Morgan fingerprint density at radius 2 is 2.28 bits per heavy atom. The summed E-state index contributed by atoms with van der Waals surface area (Å²) in [4.78, 5) is 16.8. The van der Waals surface area contributed by atoms with Crippen molar-refractivity contribution in [1.29, 1.82) is 0 Å². The molecule has 0 atom stereocenters. The number of nitrogens with zero attached hydrogens (tertiary/aromatic N) is 1. The number of hydrogen-bond acceptors (Lipinski definition) is 4. The maximum Gasteiger partial charge on any atom is 0.265 e. The second kappa shape index (κ2) is 4.27. The van der Waals surface area contributed by atoms with E-state index in [1.165, 1.54) is 11.3 Å². The number of oxazole rings is 1. The Balaban J connectivity index is 1.88. The highest BCUT2D eigenvalue weighted by molar-refractivity contribution is 7.12. The Morgan fingerprint density at radius 3 is 3.06 bits per heavy atom. The van der Waals surface area contributed by atoms with Gasteiger partial charge in [-0.2, -0.15) is 0 Å². The molecule has 0 aliphatic carbocycles. The Labute approximate surface area is 107 Å². The van der Waals surface area contributed by atoms with Crippen molar-refractivity contribution in [3.8, 4) is 0 Å². The summed E-state index contributed by atoms with van der Waals surface area (Å²) in [5, 5.41) is 4.71. The minimum absolute atomic E-state index is 0.107. The third-order valence-corrected chi connectivity index (χ3v) is 3.37. The molecule has 0 fully saturated rings. The summed E-state index contributed by atoms with van der Waals surface area (Å²) in [5.74, 6) is 0.510. The number of anilines is 1. The molecule has 0 aliphatic rings. The first kappa shape index (κ1) is 11.0. The van der Waals surface area contributed by atoms with E-state index in [9.17, 15) is 4.79 Å². The zero-order valence-corrected chi connectivity index (χ0v) is 10.5. The fourth-order valence-electron chi connectivity index (χ4n) is 1.72. The van der Waals surface area contributed by atoms with Crippen LogP contribution in [0.25, 0.3) is 11.1 Å². The minimum Gasteiger partial charge on any atom is -0.441 e. The molecule has 0 saturated carbocycles. The van der Waals surface area contributed by atoms with E-state index < -0.39 is 0 Å². The first-order chi connectivity index (χ1) is 8.72. The summed E-state index contributed by atoms with van der Waals surface area (Å²) >= 11 is 1.41. The van der Waals surface area contributed by atoms with Crippen molar-refractivity contribution >= 4 is 34.0 Å². The highest BCUT2D eigenvalue weighted by Gasteiger charge is 2.08. The van der Waals surface area contributed by atoms with E-state index >= 15 is 0 Å². The average Bonchev–Trinajstić information content (AvgIpc) is 2.95. The van der Waals surface area contributed by atoms with E-state index in [1.54, 1.807) is 31.2 Å². The Hall–Kier alpha value is -2.14. The molecule has 0 spiro atoms. The molecule has 3 rings (SSSR count). The molecule has 90 valence electrons. The second-order valence-corrected chi connectivity index (χ2v) is 4.79. The summed E-state index contributed by atoms with van der Waals surface area (Å²) in [6, 6.07) is 9.05. The molecular formula is C13H10N2O2S. The van der Waals surface area contributed by atoms with Crippen molar-refractivity contribution < 1.29 is 9.21 Å². The number of aryl methyl sites for hydroxylation is 1. The zero-order valence-electron chi connectivity index (χ0n) is 9.64. The van der Waals surface area contributed by atoms with Gasteiger partial charge in [0.1, 0.15) is 5.52 Å². The number of nitrogens with one attached hydrogen (secondary N) is 1. The van der Waals surface area contributed by atoms with E-state index in [1.807, 2.05) is 11.4 Å². The number of thiophene rings is 1. The molecule has 2 aromatic heterocycles. The normalized spacial score (nSPS) is 10.7. The van der Waals surface area contributed by atoms with Gasteiger partial charge in [-0.25, -0.2) is 4.98 Å². The van der Waals surface area contributed by atoms with Crippen LogP contribution in [0.1, 0.15) is 15.6 Å². The molecule has 2 heterocycles. The van der Waals surface area contributed by atoms with Crippen LogP contribution >= 0.6 is 11.3 Å². The predicted octanol–water partition coefficient (Wildman–Crippen LogP) is 3.45. The van der Waals surface area contributed by atoms with Crippen LogP contribution in [0.4, 0.5) is 5.69 Å². The minimum atomic E-state index is -0.107. The summed E-state index contributed by atoms with van der Waals surface area (Å²) in [6.07, 6.45) is 0. The van der Waals surface area contributed by atoms with Crippen LogP contribution in [0.15, 0.2) is 40.1 Å². The molecule has 1 N–H and O–H groups in total. The van der Waals surface area contributed by atoms with E-state index in [4.69, 9.17) is 4.42 Å². The Bertz CT molecular complexity index is 701. The summed E-state index contributed by atoms with van der Waals surface area (Å²) in [7, 11) is 0. The molecule has 3 aromatic rings. The lowest BCUT2D eigenvalue weighted by Gasteiger charge is -2.02. The third kappa shape index (κ3) is 2.00. The van der Waals surface area contributed by atoms with Crippen LogP contribution in [0.3, 0.4) is 0 Å². The van der Waals surface area contributed by atoms with Crippen LogP contribution in [0, 0.1) is 6.92 Å². The molecule has 18 heavy (non-hydrogen) atoms. The van der Waals surface area contributed by atoms with Crippen molar-refractivity contribution in [1.82, 2.24) is 4.98 Å². The molecule has 4 nitrogen and oxygen atoms in total. The fourth-order valence-corrected chi connectivity index (χ4v) is 2.34. The van der Waals surface area contributed by atoms with Gasteiger partial charge in [-0.3, -0.25) is 4.79 Å². The molecule has 0 unspecified atom stereocenters. The topological polar surface area (TPSA) is 55.1 Å². The Kier molecular flexibility index (Phi) is 2.60. The van der Waals surface area contributed by atoms with Gasteiger partial charge in [0.25, 0.3) is 5.91 Å². The first-order valence-electron chi connectivity index (χ1n) is 5.44. The van der Waals surface area contributed by atoms with Crippen LogP contribution in [-0.2, 0) is 0 Å². The Morgan fingerprint density at radius 1 is 1.39 bits per heavy atom. The molecule has 1 aromatic carbocycles. The van der Waals surface area contributed by atoms with Gasteiger partial charge in [0.2, 0.25) is 0 Å². The lowest BCUT2D eigenvalue weighted by Crippen LogP contribution is -2.09. The van der Waals surface area contributed by atoms with E-state index in [2.05, 4.69) is 10.3 Å². The van der Waals surface area contributed by atoms with Crippen LogP contribution in [0.5, 0.6) is 0 Å². The number of aromatic nitrogens is 1. The van der Waals surface area contributed by atoms with Gasteiger partial charge >= 0.3 is 0 Å². The van der Waals surface area contributed by atoms with Gasteiger partial charge in [-0.05, 0) is 29.6 Å². The van der Waals surface area contributed by atoms with Gasteiger partial charge in [-0.15, -0.1) is 11.3 Å². The smallest absolute Gasteiger partial charge is 0.265 e. The number of hydrogen-bond donors (Lipinski definition) is 1. The number of rotatable bonds is 2. The molecule has 0 bridgehead atoms. The molecule has 5 heteroatoms. The van der Waals surface area contributed by atoms with E-state index in [0.717, 1.165) is 11.1 Å². The molecule has 1 amide bonds. The van der Waals surface area contributed by atoms with Gasteiger partial charge in [0.15, 0.2) is 11.5 Å². The molecule has 0 saturated heterocycles. The second-order valence-electron chi connectivity index (χ2n) is 3.85. The van der Waals surface area contributed by atoms with Gasteiger partial charge < -0.3 is 9.73 Å². The van der Waals surface area contributed by atoms with Crippen molar-refractivity contribution in [2.75, 3.05) is 5.32 Å². The molecule has 0 aliphatic heterocycles. The van der Waals surface area contributed by atoms with Gasteiger partial charge in [-0.1, -0.05) is 6.07 Å². The quantitative estimate of drug-likeness (QED) is 0.766. The third-order valence-electron chi connectivity index (χ3n) is 2.50. The monoisotopic (exact) mass is 258 g/mol. The number of carbonyl (C=O) groups is 1. The summed E-state index contributed by atoms with van der Waals surface area (Å²) in [6.45, 7) is 1.80. The van der Waals surface area contributed by atoms with Crippen LogP contribution in [-0.4, -0.2) is 10.9 Å². The lowest BCUT2D eigenvalue weighted by atomic mass is 10.3. The number of benzene rings is 1. The van der Waals surface area contributed by atoms with Crippen molar-refractivity contribution in [2.24, 2.45) is 0 Å². The molecular weight excluding hydrogens is 248 g/mol. The highest BCUT2D eigenvalue weighted by atomic mass is 32.1. The maximum absolute atomic E-state index is 11.9. The largest absolute Gasteiger partial charge is 0.441 e. The highest BCUT2D eigenvalue weighted by Crippen LogP contribution is 2.20. The average molecular weight is 258 g/mol. The maximum atomic E-state index is 11.9. The predicted molar refractivity (Wildman–Crippen MR) is 71.0 cm³/mol. The van der Waals surface area contributed by atoms with E-state index in [-0.39, 0.29) is 5.91 Å². The number of fused-ring (bicyclic) bond motifs is 1. The zero-order chi connectivity index (χ0) is 12.5.